The Labute approximate surface area is 153 Å². The van der Waals surface area contributed by atoms with Gasteiger partial charge in [0, 0.05) is 0 Å². The fourth-order valence-corrected chi connectivity index (χ4v) is 3.56. The van der Waals surface area contributed by atoms with Crippen molar-refractivity contribution in [3.05, 3.63) is 35.4 Å². The maximum absolute atomic E-state index is 12.1. The molecule has 2 rings (SSSR count). The molecule has 1 saturated carbocycles. The van der Waals surface area contributed by atoms with E-state index in [0.29, 0.717) is 5.56 Å². The Bertz CT molecular complexity index is 486. The molecular formula is C22H34O3. The minimum atomic E-state index is -0.381. The number of unbranched alkanes of at least 4 members (excludes halogenated alkanes) is 3. The van der Waals surface area contributed by atoms with E-state index in [-0.39, 0.29) is 12.1 Å². The van der Waals surface area contributed by atoms with Crippen molar-refractivity contribution in [2.75, 3.05) is 0 Å². The highest BCUT2D eigenvalue weighted by molar-refractivity contribution is 5.88. The van der Waals surface area contributed by atoms with Crippen LogP contribution in [0.15, 0.2) is 24.3 Å². The monoisotopic (exact) mass is 346 g/mol. The largest absolute Gasteiger partial charge is 0.373 e. The second kappa shape index (κ2) is 11.3. The molecular weight excluding hydrogens is 312 g/mol. The van der Waals surface area contributed by atoms with Gasteiger partial charge in [-0.3, -0.25) is 4.89 Å². The van der Waals surface area contributed by atoms with Crippen LogP contribution in [-0.4, -0.2) is 12.1 Å². The normalized spacial score (nSPS) is 20.4. The summed E-state index contributed by atoms with van der Waals surface area (Å²) in [6, 6.07) is 7.72. The van der Waals surface area contributed by atoms with E-state index in [1.54, 1.807) is 0 Å². The van der Waals surface area contributed by atoms with Gasteiger partial charge in [-0.05, 0) is 62.1 Å². The number of rotatable bonds is 10. The minimum Gasteiger partial charge on any atom is -0.293 e. The molecule has 3 nitrogen and oxygen atoms in total. The lowest BCUT2D eigenvalue weighted by atomic mass is 9.84. The van der Waals surface area contributed by atoms with Crippen LogP contribution in [0.5, 0.6) is 0 Å². The quantitative estimate of drug-likeness (QED) is 0.285. The molecule has 0 spiro atoms. The summed E-state index contributed by atoms with van der Waals surface area (Å²) in [6.07, 6.45) is 13.1. The molecule has 0 atom stereocenters. The third kappa shape index (κ3) is 7.19. The predicted molar refractivity (Wildman–Crippen MR) is 101 cm³/mol. The van der Waals surface area contributed by atoms with Crippen molar-refractivity contribution in [1.29, 1.82) is 0 Å². The molecule has 1 fully saturated rings. The highest BCUT2D eigenvalue weighted by atomic mass is 17.2. The first-order chi connectivity index (χ1) is 12.2. The number of benzene rings is 1. The van der Waals surface area contributed by atoms with E-state index in [4.69, 9.17) is 9.78 Å². The second-order valence-electron chi connectivity index (χ2n) is 7.41. The lowest BCUT2D eigenvalue weighted by molar-refractivity contribution is -0.280. The van der Waals surface area contributed by atoms with Crippen molar-refractivity contribution < 1.29 is 14.6 Å². The van der Waals surface area contributed by atoms with Crippen molar-refractivity contribution in [1.82, 2.24) is 0 Å². The second-order valence-corrected chi connectivity index (χ2v) is 7.41. The average Bonchev–Trinajstić information content (AvgIpc) is 2.66. The van der Waals surface area contributed by atoms with E-state index >= 15 is 0 Å². The molecule has 3 heteroatoms. The zero-order valence-corrected chi connectivity index (χ0v) is 16.0. The highest BCUT2D eigenvalue weighted by Gasteiger charge is 2.23. The number of hydrogen-bond donors (Lipinski definition) is 0. The van der Waals surface area contributed by atoms with Crippen LogP contribution in [0, 0.1) is 5.92 Å². The molecule has 0 heterocycles. The fourth-order valence-electron chi connectivity index (χ4n) is 3.56. The molecule has 0 bridgehead atoms. The van der Waals surface area contributed by atoms with Crippen LogP contribution >= 0.6 is 0 Å². The summed E-state index contributed by atoms with van der Waals surface area (Å²) in [5.74, 6) is 0.448. The fraction of sp³-hybridized carbons (Fsp3) is 0.682. The minimum absolute atomic E-state index is 0.0649. The summed E-state index contributed by atoms with van der Waals surface area (Å²) < 4.78 is 0. The number of carbonyl (C=O) groups is 1. The lowest BCUT2D eigenvalue weighted by Gasteiger charge is -2.27. The molecule has 0 N–H and O–H groups in total. The maximum Gasteiger partial charge on any atom is 0.373 e. The lowest BCUT2D eigenvalue weighted by Crippen LogP contribution is -2.23. The molecule has 0 radical (unpaired) electrons. The van der Waals surface area contributed by atoms with Gasteiger partial charge in [-0.1, -0.05) is 58.1 Å². The number of carbonyl (C=O) groups excluding carboxylic acids is 1. The molecule has 0 saturated heterocycles. The average molecular weight is 347 g/mol. The van der Waals surface area contributed by atoms with Gasteiger partial charge in [-0.15, -0.1) is 0 Å². The molecule has 1 aliphatic carbocycles. The predicted octanol–water partition coefficient (Wildman–Crippen LogP) is 6.26. The SMILES string of the molecule is CCCCCc1ccc(C(=O)OOC2CCC(CCCC)CC2)cc1. The van der Waals surface area contributed by atoms with E-state index in [9.17, 15) is 4.79 Å². The Morgan fingerprint density at radius 1 is 0.960 bits per heavy atom. The molecule has 0 unspecified atom stereocenters. The van der Waals surface area contributed by atoms with Crippen molar-refractivity contribution in [2.45, 2.75) is 90.6 Å². The summed E-state index contributed by atoms with van der Waals surface area (Å²) in [4.78, 5) is 22.6. The Morgan fingerprint density at radius 3 is 2.28 bits per heavy atom. The molecule has 1 aromatic rings. The van der Waals surface area contributed by atoms with Crippen molar-refractivity contribution in [3.63, 3.8) is 0 Å². The zero-order chi connectivity index (χ0) is 17.9. The molecule has 1 aliphatic rings. The molecule has 140 valence electrons. The Hall–Kier alpha value is -1.35. The van der Waals surface area contributed by atoms with E-state index < -0.39 is 0 Å². The van der Waals surface area contributed by atoms with Crippen molar-refractivity contribution in [3.8, 4) is 0 Å². The Kier molecular flexibility index (Phi) is 9.03. The molecule has 0 amide bonds. The van der Waals surface area contributed by atoms with Crippen LogP contribution in [0.1, 0.15) is 94.0 Å². The van der Waals surface area contributed by atoms with Crippen molar-refractivity contribution >= 4 is 5.97 Å². The Morgan fingerprint density at radius 2 is 1.64 bits per heavy atom. The molecule has 25 heavy (non-hydrogen) atoms. The van der Waals surface area contributed by atoms with E-state index in [2.05, 4.69) is 13.8 Å². The van der Waals surface area contributed by atoms with Gasteiger partial charge in [0.1, 0.15) is 6.10 Å². The van der Waals surface area contributed by atoms with Gasteiger partial charge >= 0.3 is 5.97 Å². The van der Waals surface area contributed by atoms with E-state index in [1.165, 1.54) is 56.9 Å². The van der Waals surface area contributed by atoms with Gasteiger partial charge in [0.2, 0.25) is 0 Å². The van der Waals surface area contributed by atoms with Crippen LogP contribution in [0.4, 0.5) is 0 Å². The van der Waals surface area contributed by atoms with E-state index in [1.807, 2.05) is 24.3 Å². The first-order valence-electron chi connectivity index (χ1n) is 10.2. The van der Waals surface area contributed by atoms with Gasteiger partial charge in [0.05, 0.1) is 5.56 Å². The zero-order valence-electron chi connectivity index (χ0n) is 16.0. The summed E-state index contributed by atoms with van der Waals surface area (Å²) >= 11 is 0. The standard InChI is InChI=1S/C22H34O3/c1-3-5-7-9-19-10-14-20(15-11-19)22(23)25-24-21-16-12-18(13-17-21)8-6-4-2/h10-11,14-15,18,21H,3-9,12-13,16-17H2,1-2H3. The van der Waals surface area contributed by atoms with Crippen LogP contribution in [0.25, 0.3) is 0 Å². The van der Waals surface area contributed by atoms with Gasteiger partial charge < -0.3 is 0 Å². The highest BCUT2D eigenvalue weighted by Crippen LogP contribution is 2.30. The first kappa shape index (κ1) is 20.0. The third-order valence-electron chi connectivity index (χ3n) is 5.28. The van der Waals surface area contributed by atoms with Crippen LogP contribution in [0.2, 0.25) is 0 Å². The van der Waals surface area contributed by atoms with Gasteiger partial charge in [0.15, 0.2) is 0 Å². The van der Waals surface area contributed by atoms with Crippen LogP contribution < -0.4 is 0 Å². The summed E-state index contributed by atoms with van der Waals surface area (Å²) in [5.41, 5.74) is 1.84. The number of aryl methyl sites for hydroxylation is 1. The number of hydrogen-bond acceptors (Lipinski definition) is 3. The van der Waals surface area contributed by atoms with Gasteiger partial charge in [-0.25, -0.2) is 4.79 Å². The molecule has 0 aliphatic heterocycles. The van der Waals surface area contributed by atoms with Gasteiger partial charge in [0.25, 0.3) is 0 Å². The maximum atomic E-state index is 12.1. The topological polar surface area (TPSA) is 35.5 Å². The van der Waals surface area contributed by atoms with Gasteiger partial charge in [-0.2, -0.15) is 4.89 Å². The van der Waals surface area contributed by atoms with Crippen LogP contribution in [0.3, 0.4) is 0 Å². The van der Waals surface area contributed by atoms with Crippen LogP contribution in [-0.2, 0) is 16.2 Å². The first-order valence-corrected chi connectivity index (χ1v) is 10.2. The smallest absolute Gasteiger partial charge is 0.293 e. The Balaban J connectivity index is 1.68. The molecule has 0 aromatic heterocycles. The van der Waals surface area contributed by atoms with E-state index in [0.717, 1.165) is 25.2 Å². The van der Waals surface area contributed by atoms with Crippen molar-refractivity contribution in [2.24, 2.45) is 5.92 Å². The summed E-state index contributed by atoms with van der Waals surface area (Å²) in [5, 5.41) is 0. The summed E-state index contributed by atoms with van der Waals surface area (Å²) in [6.45, 7) is 4.45. The third-order valence-corrected chi connectivity index (χ3v) is 5.28. The summed E-state index contributed by atoms with van der Waals surface area (Å²) in [7, 11) is 0. The molecule has 1 aromatic carbocycles.